The quantitative estimate of drug-likeness (QED) is 0.613. The summed E-state index contributed by atoms with van der Waals surface area (Å²) in [5, 5.41) is 3.13. The molecule has 5 unspecified atom stereocenters. The second-order valence-electron chi connectivity index (χ2n) is 7.32. The Hall–Kier alpha value is -0.410. The number of anilines is 1. The van der Waals surface area contributed by atoms with Crippen LogP contribution in [-0.2, 0) is 0 Å². The molecule has 1 saturated carbocycles. The van der Waals surface area contributed by atoms with Crippen LogP contribution in [0, 0.1) is 37.5 Å². The van der Waals surface area contributed by atoms with Crippen molar-refractivity contribution in [3.05, 3.63) is 39.2 Å². The van der Waals surface area contributed by atoms with Crippen LogP contribution >= 0.6 is 27.7 Å². The third kappa shape index (κ3) is 3.11. The van der Waals surface area contributed by atoms with Gasteiger partial charge in [-0.05, 0) is 73.1 Å². The number of hydrogen-bond acceptors (Lipinski definition) is 2. The molecule has 1 aliphatic carbocycles. The molecule has 0 N–H and O–H groups in total. The Bertz CT molecular complexity index is 589. The van der Waals surface area contributed by atoms with E-state index >= 15 is 0 Å². The van der Waals surface area contributed by atoms with E-state index in [2.05, 4.69) is 90.8 Å². The molecule has 3 heteroatoms. The van der Waals surface area contributed by atoms with Crippen LogP contribution in [0.3, 0.4) is 0 Å². The van der Waals surface area contributed by atoms with Gasteiger partial charge in [-0.15, -0.1) is 11.8 Å². The standard InChI is InChI=1S/C20H28BrNS/c1-6-22(19-12(2)9-16(21)10-13(19)3)11-18-15(5)14(4)17-7-8-23-20(17)18/h7-10,14-15,17-18,20H,6,11H2,1-5H3. The van der Waals surface area contributed by atoms with Crippen LogP contribution in [0.4, 0.5) is 5.69 Å². The molecule has 0 saturated heterocycles. The highest BCUT2D eigenvalue weighted by atomic mass is 79.9. The summed E-state index contributed by atoms with van der Waals surface area (Å²) in [7, 11) is 0. The lowest BCUT2D eigenvalue weighted by molar-refractivity contribution is 0.348. The van der Waals surface area contributed by atoms with Gasteiger partial charge in [-0.1, -0.05) is 35.9 Å². The normalized spacial score (nSPS) is 32.3. The molecule has 1 aliphatic heterocycles. The van der Waals surface area contributed by atoms with Gasteiger partial charge in [0.1, 0.15) is 0 Å². The summed E-state index contributed by atoms with van der Waals surface area (Å²) < 4.78 is 1.19. The van der Waals surface area contributed by atoms with E-state index in [0.717, 1.165) is 35.5 Å². The van der Waals surface area contributed by atoms with Crippen molar-refractivity contribution in [2.24, 2.45) is 23.7 Å². The van der Waals surface area contributed by atoms with Gasteiger partial charge in [-0.25, -0.2) is 0 Å². The highest BCUT2D eigenvalue weighted by Crippen LogP contribution is 2.52. The average Bonchev–Trinajstić information content (AvgIpc) is 3.04. The van der Waals surface area contributed by atoms with Crippen molar-refractivity contribution in [3.8, 4) is 0 Å². The molecule has 23 heavy (non-hydrogen) atoms. The maximum Gasteiger partial charge on any atom is 0.0426 e. The minimum absolute atomic E-state index is 0.775. The molecule has 2 aliphatic rings. The number of allylic oxidation sites excluding steroid dienone is 1. The van der Waals surface area contributed by atoms with Crippen LogP contribution in [0.25, 0.3) is 0 Å². The molecule has 0 aromatic heterocycles. The first kappa shape index (κ1) is 17.4. The largest absolute Gasteiger partial charge is 0.371 e. The Labute approximate surface area is 154 Å². The van der Waals surface area contributed by atoms with Gasteiger partial charge in [0.15, 0.2) is 0 Å². The number of thioether (sulfide) groups is 1. The van der Waals surface area contributed by atoms with Gasteiger partial charge in [-0.3, -0.25) is 0 Å². The molecule has 1 aromatic carbocycles. The molecule has 1 nitrogen and oxygen atoms in total. The molecule has 5 atom stereocenters. The van der Waals surface area contributed by atoms with Gasteiger partial charge in [0.05, 0.1) is 0 Å². The number of halogens is 1. The third-order valence-electron chi connectivity index (χ3n) is 6.03. The Morgan fingerprint density at radius 3 is 2.39 bits per heavy atom. The van der Waals surface area contributed by atoms with E-state index in [-0.39, 0.29) is 0 Å². The van der Waals surface area contributed by atoms with Crippen molar-refractivity contribution >= 4 is 33.4 Å². The number of nitrogens with zero attached hydrogens (tertiary/aromatic N) is 1. The Morgan fingerprint density at radius 1 is 1.13 bits per heavy atom. The minimum atomic E-state index is 0.775. The van der Waals surface area contributed by atoms with Gasteiger partial charge in [0, 0.05) is 28.5 Å². The summed E-state index contributed by atoms with van der Waals surface area (Å²) in [6.45, 7) is 14.0. The lowest BCUT2D eigenvalue weighted by Gasteiger charge is -2.33. The van der Waals surface area contributed by atoms with Crippen molar-refractivity contribution < 1.29 is 0 Å². The fourth-order valence-electron chi connectivity index (χ4n) is 4.63. The van der Waals surface area contributed by atoms with Crippen molar-refractivity contribution in [1.29, 1.82) is 0 Å². The van der Waals surface area contributed by atoms with E-state index in [4.69, 9.17) is 0 Å². The van der Waals surface area contributed by atoms with E-state index in [1.807, 2.05) is 0 Å². The first-order valence-corrected chi connectivity index (χ1v) is 10.5. The van der Waals surface area contributed by atoms with Crippen LogP contribution in [0.5, 0.6) is 0 Å². The van der Waals surface area contributed by atoms with E-state index in [9.17, 15) is 0 Å². The summed E-state index contributed by atoms with van der Waals surface area (Å²) >= 11 is 5.70. The first-order valence-electron chi connectivity index (χ1n) is 8.77. The molecule has 3 rings (SSSR count). The zero-order valence-corrected chi connectivity index (χ0v) is 17.2. The van der Waals surface area contributed by atoms with E-state index in [0.29, 0.717) is 0 Å². The highest BCUT2D eigenvalue weighted by molar-refractivity contribution is 9.10. The lowest BCUT2D eigenvalue weighted by atomic mass is 9.90. The third-order valence-corrected chi connectivity index (χ3v) is 7.78. The van der Waals surface area contributed by atoms with Crippen LogP contribution in [0.1, 0.15) is 31.9 Å². The predicted molar refractivity (Wildman–Crippen MR) is 107 cm³/mol. The molecular weight excluding hydrogens is 366 g/mol. The summed E-state index contributed by atoms with van der Waals surface area (Å²) in [4.78, 5) is 2.62. The molecule has 0 radical (unpaired) electrons. The van der Waals surface area contributed by atoms with E-state index in [1.54, 1.807) is 0 Å². The van der Waals surface area contributed by atoms with Gasteiger partial charge in [0.2, 0.25) is 0 Å². The fourth-order valence-corrected chi connectivity index (χ4v) is 6.83. The summed E-state index contributed by atoms with van der Waals surface area (Å²) in [5.41, 5.74) is 4.20. The van der Waals surface area contributed by atoms with Crippen molar-refractivity contribution in [1.82, 2.24) is 0 Å². The Morgan fingerprint density at radius 2 is 1.78 bits per heavy atom. The van der Waals surface area contributed by atoms with Gasteiger partial charge in [0.25, 0.3) is 0 Å². The van der Waals surface area contributed by atoms with Crippen LogP contribution in [0.15, 0.2) is 28.1 Å². The number of aryl methyl sites for hydroxylation is 2. The average molecular weight is 394 g/mol. The molecule has 0 spiro atoms. The number of fused-ring (bicyclic) bond motifs is 1. The lowest BCUT2D eigenvalue weighted by Crippen LogP contribution is -2.35. The van der Waals surface area contributed by atoms with Gasteiger partial charge >= 0.3 is 0 Å². The number of hydrogen-bond donors (Lipinski definition) is 0. The number of benzene rings is 1. The number of rotatable bonds is 4. The fraction of sp³-hybridized carbons (Fsp3) is 0.600. The molecule has 126 valence electrons. The second kappa shape index (κ2) is 6.84. The molecule has 0 amide bonds. The second-order valence-corrected chi connectivity index (χ2v) is 9.32. The van der Waals surface area contributed by atoms with Crippen LogP contribution in [0.2, 0.25) is 0 Å². The molecule has 1 heterocycles. The zero-order chi connectivity index (χ0) is 16.7. The smallest absolute Gasteiger partial charge is 0.0426 e. The van der Waals surface area contributed by atoms with Crippen molar-refractivity contribution in [2.75, 3.05) is 18.0 Å². The van der Waals surface area contributed by atoms with Crippen molar-refractivity contribution in [2.45, 2.75) is 39.9 Å². The monoisotopic (exact) mass is 393 g/mol. The Balaban J connectivity index is 1.86. The summed E-state index contributed by atoms with van der Waals surface area (Å²) in [5.74, 6) is 3.16. The zero-order valence-electron chi connectivity index (χ0n) is 14.8. The molecular formula is C20H28BrNS. The highest BCUT2D eigenvalue weighted by Gasteiger charge is 2.47. The summed E-state index contributed by atoms with van der Waals surface area (Å²) in [6.07, 6.45) is 2.46. The molecule has 1 aromatic rings. The molecule has 1 fully saturated rings. The summed E-state index contributed by atoms with van der Waals surface area (Å²) in [6, 6.07) is 4.50. The van der Waals surface area contributed by atoms with Gasteiger partial charge < -0.3 is 4.90 Å². The van der Waals surface area contributed by atoms with Crippen LogP contribution in [-0.4, -0.2) is 18.3 Å². The molecule has 0 bridgehead atoms. The van der Waals surface area contributed by atoms with Crippen LogP contribution < -0.4 is 4.90 Å². The first-order chi connectivity index (χ1) is 10.9. The SMILES string of the molecule is CCN(CC1C(C)C(C)C2C=CSC21)c1c(C)cc(Br)cc1C. The maximum atomic E-state index is 3.63. The minimum Gasteiger partial charge on any atom is -0.371 e. The Kier molecular flexibility index (Phi) is 5.18. The van der Waals surface area contributed by atoms with Crippen molar-refractivity contribution in [3.63, 3.8) is 0 Å². The predicted octanol–water partition coefficient (Wildman–Crippen LogP) is 6.04. The van der Waals surface area contributed by atoms with Gasteiger partial charge in [-0.2, -0.15) is 0 Å². The maximum absolute atomic E-state index is 3.63. The topological polar surface area (TPSA) is 3.24 Å². The van der Waals surface area contributed by atoms with E-state index in [1.165, 1.54) is 27.8 Å². The van der Waals surface area contributed by atoms with E-state index < -0.39 is 0 Å².